The SMILES string of the molecule is COCOc1ccc(-c2ccc(C(C)(C)NC(=O)OC3CN4CCC3CC4)cc2)cc1. The van der Waals surface area contributed by atoms with Crippen molar-refractivity contribution < 1.29 is 19.0 Å². The first-order valence-electron chi connectivity index (χ1n) is 11.0. The molecule has 31 heavy (non-hydrogen) atoms. The topological polar surface area (TPSA) is 60.0 Å². The van der Waals surface area contributed by atoms with Crippen LogP contribution in [0.1, 0.15) is 32.3 Å². The molecule has 5 rings (SSSR count). The summed E-state index contributed by atoms with van der Waals surface area (Å²) in [5.41, 5.74) is 2.71. The number of piperidine rings is 3. The molecule has 1 N–H and O–H groups in total. The number of hydrogen-bond donors (Lipinski definition) is 1. The predicted octanol–water partition coefficient (Wildman–Crippen LogP) is 4.39. The van der Waals surface area contributed by atoms with Gasteiger partial charge in [0.15, 0.2) is 6.79 Å². The Morgan fingerprint density at radius 1 is 1.03 bits per heavy atom. The lowest BCUT2D eigenvalue weighted by atomic mass is 9.86. The molecule has 3 heterocycles. The van der Waals surface area contributed by atoms with E-state index < -0.39 is 5.54 Å². The maximum atomic E-state index is 12.6. The second-order valence-corrected chi connectivity index (χ2v) is 8.98. The highest BCUT2D eigenvalue weighted by Gasteiger charge is 2.37. The number of alkyl carbamates (subject to hydrolysis) is 1. The third-order valence-corrected chi connectivity index (χ3v) is 6.41. The molecule has 0 spiro atoms. The van der Waals surface area contributed by atoms with E-state index in [9.17, 15) is 4.79 Å². The van der Waals surface area contributed by atoms with Crippen LogP contribution in [-0.2, 0) is 15.0 Å². The zero-order chi connectivity index (χ0) is 21.8. The van der Waals surface area contributed by atoms with E-state index >= 15 is 0 Å². The number of ether oxygens (including phenoxy) is 3. The highest BCUT2D eigenvalue weighted by atomic mass is 16.7. The Kier molecular flexibility index (Phi) is 6.49. The molecule has 1 amide bonds. The summed E-state index contributed by atoms with van der Waals surface area (Å²) >= 11 is 0. The lowest BCUT2D eigenvalue weighted by Crippen LogP contribution is -2.53. The fraction of sp³-hybridized carbons (Fsp3) is 0.480. The van der Waals surface area contributed by atoms with Gasteiger partial charge in [0, 0.05) is 13.7 Å². The Labute approximate surface area is 184 Å². The third-order valence-electron chi connectivity index (χ3n) is 6.41. The molecular formula is C25H32N2O4. The fourth-order valence-corrected chi connectivity index (χ4v) is 4.49. The van der Waals surface area contributed by atoms with Gasteiger partial charge in [0.2, 0.25) is 0 Å². The zero-order valence-corrected chi connectivity index (χ0v) is 18.6. The van der Waals surface area contributed by atoms with Gasteiger partial charge in [-0.15, -0.1) is 0 Å². The summed E-state index contributed by atoms with van der Waals surface area (Å²) in [4.78, 5) is 15.0. The highest BCUT2D eigenvalue weighted by Crippen LogP contribution is 2.30. The van der Waals surface area contributed by atoms with E-state index in [2.05, 4.69) is 34.5 Å². The van der Waals surface area contributed by atoms with Gasteiger partial charge < -0.3 is 19.5 Å². The first kappa shape index (κ1) is 21.7. The van der Waals surface area contributed by atoms with E-state index in [-0.39, 0.29) is 19.0 Å². The molecule has 2 aromatic carbocycles. The molecule has 166 valence electrons. The number of hydrogen-bond acceptors (Lipinski definition) is 5. The number of fused-ring (bicyclic) bond motifs is 3. The van der Waals surface area contributed by atoms with Crippen LogP contribution in [0.15, 0.2) is 48.5 Å². The number of nitrogens with one attached hydrogen (secondary N) is 1. The minimum Gasteiger partial charge on any atom is -0.468 e. The number of nitrogens with zero attached hydrogens (tertiary/aromatic N) is 1. The Hall–Kier alpha value is -2.57. The molecule has 6 heteroatoms. The molecule has 6 nitrogen and oxygen atoms in total. The van der Waals surface area contributed by atoms with Crippen LogP contribution >= 0.6 is 0 Å². The van der Waals surface area contributed by atoms with Gasteiger partial charge in [0.1, 0.15) is 11.9 Å². The second-order valence-electron chi connectivity index (χ2n) is 8.98. The van der Waals surface area contributed by atoms with Gasteiger partial charge >= 0.3 is 6.09 Å². The number of carbonyl (C=O) groups is 1. The van der Waals surface area contributed by atoms with Crippen molar-refractivity contribution in [3.8, 4) is 16.9 Å². The Morgan fingerprint density at radius 3 is 2.19 bits per heavy atom. The van der Waals surface area contributed by atoms with E-state index in [1.165, 1.54) is 0 Å². The van der Waals surface area contributed by atoms with E-state index in [0.29, 0.717) is 5.92 Å². The lowest BCUT2D eigenvalue weighted by molar-refractivity contribution is -0.0349. The van der Waals surface area contributed by atoms with Gasteiger partial charge in [0.25, 0.3) is 0 Å². The third kappa shape index (κ3) is 5.20. The van der Waals surface area contributed by atoms with Crippen LogP contribution < -0.4 is 10.1 Å². The van der Waals surface area contributed by atoms with Crippen LogP contribution in [0.25, 0.3) is 11.1 Å². The Bertz CT molecular complexity index is 871. The molecule has 0 saturated carbocycles. The zero-order valence-electron chi connectivity index (χ0n) is 18.6. The number of methoxy groups -OCH3 is 1. The van der Waals surface area contributed by atoms with Crippen molar-refractivity contribution in [3.63, 3.8) is 0 Å². The monoisotopic (exact) mass is 424 g/mol. The molecular weight excluding hydrogens is 392 g/mol. The van der Waals surface area contributed by atoms with Gasteiger partial charge in [0.05, 0.1) is 5.54 Å². The molecule has 3 aliphatic rings. The molecule has 2 bridgehead atoms. The summed E-state index contributed by atoms with van der Waals surface area (Å²) in [5.74, 6) is 1.28. The number of rotatable bonds is 7. The van der Waals surface area contributed by atoms with Gasteiger partial charge in [-0.3, -0.25) is 4.90 Å². The number of amides is 1. The molecule has 0 aromatic heterocycles. The van der Waals surface area contributed by atoms with Gasteiger partial charge in [-0.1, -0.05) is 36.4 Å². The molecule has 3 saturated heterocycles. The van der Waals surface area contributed by atoms with Crippen LogP contribution in [0.3, 0.4) is 0 Å². The fourth-order valence-electron chi connectivity index (χ4n) is 4.49. The van der Waals surface area contributed by atoms with Crippen LogP contribution in [0.2, 0.25) is 0 Å². The highest BCUT2D eigenvalue weighted by molar-refractivity contribution is 5.69. The second kappa shape index (κ2) is 9.28. The summed E-state index contributed by atoms with van der Waals surface area (Å²) in [6.45, 7) is 7.37. The maximum absolute atomic E-state index is 12.6. The first-order valence-corrected chi connectivity index (χ1v) is 11.0. The number of carbonyl (C=O) groups excluding carboxylic acids is 1. The van der Waals surface area contributed by atoms with Crippen molar-refractivity contribution in [2.24, 2.45) is 5.92 Å². The largest absolute Gasteiger partial charge is 0.468 e. The minimum atomic E-state index is -0.526. The van der Waals surface area contributed by atoms with E-state index in [4.69, 9.17) is 14.2 Å². The normalized spacial score (nSPS) is 22.7. The smallest absolute Gasteiger partial charge is 0.408 e. The molecule has 3 aliphatic heterocycles. The standard InChI is InChI=1S/C25H32N2O4/c1-25(2,26-24(28)31-23-16-27-14-12-20(23)13-15-27)21-8-4-18(5-9-21)19-6-10-22(11-7-19)30-17-29-3/h4-11,20,23H,12-17H2,1-3H3,(H,26,28). The van der Waals surface area contributed by atoms with E-state index in [1.54, 1.807) is 7.11 Å². The quantitative estimate of drug-likeness (QED) is 0.668. The summed E-state index contributed by atoms with van der Waals surface area (Å²) in [6.07, 6.45) is 1.93. The van der Waals surface area contributed by atoms with Crippen molar-refractivity contribution in [1.82, 2.24) is 10.2 Å². The van der Waals surface area contributed by atoms with Crippen LogP contribution in [0, 0.1) is 5.92 Å². The summed E-state index contributed by atoms with van der Waals surface area (Å²) in [7, 11) is 1.60. The van der Waals surface area contributed by atoms with Gasteiger partial charge in [-0.05, 0) is 74.5 Å². The van der Waals surface area contributed by atoms with Crippen LogP contribution in [-0.4, -0.2) is 50.6 Å². The van der Waals surface area contributed by atoms with Crippen molar-refractivity contribution in [1.29, 1.82) is 0 Å². The summed E-state index contributed by atoms with van der Waals surface area (Å²) in [6, 6.07) is 16.2. The average Bonchev–Trinajstić information content (AvgIpc) is 2.78. The summed E-state index contributed by atoms with van der Waals surface area (Å²) in [5, 5.41) is 3.06. The molecule has 2 aromatic rings. The number of benzene rings is 2. The average molecular weight is 425 g/mol. The van der Waals surface area contributed by atoms with Gasteiger partial charge in [-0.25, -0.2) is 4.79 Å². The van der Waals surface area contributed by atoms with Gasteiger partial charge in [-0.2, -0.15) is 0 Å². The van der Waals surface area contributed by atoms with Crippen molar-refractivity contribution in [2.75, 3.05) is 33.5 Å². The van der Waals surface area contributed by atoms with E-state index in [1.807, 2.05) is 38.1 Å². The predicted molar refractivity (Wildman–Crippen MR) is 120 cm³/mol. The lowest BCUT2D eigenvalue weighted by Gasteiger charge is -2.44. The molecule has 1 atom stereocenters. The molecule has 0 radical (unpaired) electrons. The van der Waals surface area contributed by atoms with Crippen LogP contribution in [0.4, 0.5) is 4.79 Å². The molecule has 3 fully saturated rings. The Morgan fingerprint density at radius 2 is 1.65 bits per heavy atom. The van der Waals surface area contributed by atoms with Crippen molar-refractivity contribution in [3.05, 3.63) is 54.1 Å². The van der Waals surface area contributed by atoms with Crippen LogP contribution in [0.5, 0.6) is 5.75 Å². The molecule has 0 aliphatic carbocycles. The maximum Gasteiger partial charge on any atom is 0.408 e. The first-order chi connectivity index (χ1) is 14.9. The van der Waals surface area contributed by atoms with Crippen molar-refractivity contribution in [2.45, 2.75) is 38.3 Å². The molecule has 1 unspecified atom stereocenters. The Balaban J connectivity index is 1.36. The summed E-state index contributed by atoms with van der Waals surface area (Å²) < 4.78 is 16.2. The minimum absolute atomic E-state index is 0.0107. The van der Waals surface area contributed by atoms with Crippen molar-refractivity contribution >= 4 is 6.09 Å². The van der Waals surface area contributed by atoms with E-state index in [0.717, 1.165) is 54.9 Å².